The SMILES string of the molecule is CCCc1oc2ccc(Cl)c3c2c1C[NH+](C)CC3.[Cl-]. The number of likely N-dealkylation sites (N-methyl/N-ethyl adjacent to an activating group) is 1. The van der Waals surface area contributed by atoms with Crippen molar-refractivity contribution in [2.45, 2.75) is 32.7 Å². The number of nitrogens with one attached hydrogen (secondary N) is 1. The summed E-state index contributed by atoms with van der Waals surface area (Å²) < 4.78 is 6.04. The van der Waals surface area contributed by atoms with Gasteiger partial charge in [-0.05, 0) is 24.1 Å². The summed E-state index contributed by atoms with van der Waals surface area (Å²) in [5, 5.41) is 2.19. The van der Waals surface area contributed by atoms with E-state index in [0.717, 1.165) is 48.7 Å². The standard InChI is InChI=1S/C15H18ClNO.ClH/c1-3-4-13-11-9-17(2)8-7-10-12(16)5-6-14(18-13)15(10)11;/h5-6H,3-4,7-9H2,1-2H3;1H. The lowest BCUT2D eigenvalue weighted by Gasteiger charge is -2.10. The maximum absolute atomic E-state index is 6.36. The van der Waals surface area contributed by atoms with Crippen LogP contribution in [-0.2, 0) is 19.4 Å². The van der Waals surface area contributed by atoms with Crippen LogP contribution in [0.4, 0.5) is 0 Å². The number of benzene rings is 1. The first-order valence-electron chi connectivity index (χ1n) is 6.73. The molecule has 0 bridgehead atoms. The second-order valence-electron chi connectivity index (χ2n) is 5.29. The Morgan fingerprint density at radius 2 is 2.11 bits per heavy atom. The maximum atomic E-state index is 6.36. The first kappa shape index (κ1) is 14.7. The predicted octanol–water partition coefficient (Wildman–Crippen LogP) is -0.386. The van der Waals surface area contributed by atoms with Gasteiger partial charge in [0.15, 0.2) is 0 Å². The fourth-order valence-corrected chi connectivity index (χ4v) is 3.19. The highest BCUT2D eigenvalue weighted by Crippen LogP contribution is 2.34. The fourth-order valence-electron chi connectivity index (χ4n) is 2.94. The van der Waals surface area contributed by atoms with Crippen molar-refractivity contribution in [3.05, 3.63) is 34.0 Å². The molecule has 0 fully saturated rings. The summed E-state index contributed by atoms with van der Waals surface area (Å²) in [6.07, 6.45) is 3.18. The highest BCUT2D eigenvalue weighted by molar-refractivity contribution is 6.32. The molecule has 0 saturated carbocycles. The minimum atomic E-state index is 0. The van der Waals surface area contributed by atoms with Gasteiger partial charge in [-0.25, -0.2) is 0 Å². The number of quaternary nitrogens is 1. The molecular weight excluding hydrogens is 281 g/mol. The van der Waals surface area contributed by atoms with E-state index in [1.54, 1.807) is 0 Å². The molecule has 3 rings (SSSR count). The zero-order valence-corrected chi connectivity index (χ0v) is 12.9. The first-order chi connectivity index (χ1) is 8.70. The average molecular weight is 300 g/mol. The Bertz CT molecular complexity index is 591. The number of rotatable bonds is 2. The summed E-state index contributed by atoms with van der Waals surface area (Å²) >= 11 is 6.36. The van der Waals surface area contributed by atoms with Crippen molar-refractivity contribution in [1.29, 1.82) is 0 Å². The van der Waals surface area contributed by atoms with E-state index in [9.17, 15) is 0 Å². The largest absolute Gasteiger partial charge is 1.00 e. The summed E-state index contributed by atoms with van der Waals surface area (Å²) in [4.78, 5) is 1.53. The van der Waals surface area contributed by atoms with Gasteiger partial charge in [0.1, 0.15) is 17.9 Å². The smallest absolute Gasteiger partial charge is 0.135 e. The molecule has 2 nitrogen and oxygen atoms in total. The molecule has 1 aliphatic heterocycles. The molecule has 0 spiro atoms. The lowest BCUT2D eigenvalue weighted by Crippen LogP contribution is -3.07. The molecule has 0 amide bonds. The van der Waals surface area contributed by atoms with Crippen LogP contribution in [0.3, 0.4) is 0 Å². The van der Waals surface area contributed by atoms with Gasteiger partial charge in [0.05, 0.1) is 19.2 Å². The van der Waals surface area contributed by atoms with Crippen molar-refractivity contribution in [2.75, 3.05) is 13.6 Å². The van der Waals surface area contributed by atoms with E-state index >= 15 is 0 Å². The highest BCUT2D eigenvalue weighted by atomic mass is 35.5. The number of hydrogen-bond donors (Lipinski definition) is 1. The minimum absolute atomic E-state index is 0. The molecule has 19 heavy (non-hydrogen) atoms. The van der Waals surface area contributed by atoms with Crippen LogP contribution >= 0.6 is 11.6 Å². The Balaban J connectivity index is 0.00000133. The number of halogens is 2. The Kier molecular flexibility index (Phi) is 4.44. The van der Waals surface area contributed by atoms with Gasteiger partial charge in [-0.2, -0.15) is 0 Å². The third-order valence-electron chi connectivity index (χ3n) is 3.85. The van der Waals surface area contributed by atoms with Gasteiger partial charge in [-0.15, -0.1) is 0 Å². The van der Waals surface area contributed by atoms with Gasteiger partial charge in [-0.1, -0.05) is 18.5 Å². The van der Waals surface area contributed by atoms with E-state index < -0.39 is 0 Å². The normalized spacial score (nSPS) is 18.2. The van der Waals surface area contributed by atoms with Gasteiger partial charge in [0.25, 0.3) is 0 Å². The van der Waals surface area contributed by atoms with Gasteiger partial charge in [0, 0.05) is 23.3 Å². The van der Waals surface area contributed by atoms with Gasteiger partial charge < -0.3 is 21.7 Å². The molecule has 1 unspecified atom stereocenters. The maximum Gasteiger partial charge on any atom is 0.135 e. The van der Waals surface area contributed by atoms with Crippen LogP contribution < -0.4 is 17.3 Å². The molecule has 1 aromatic heterocycles. The molecule has 2 aromatic rings. The molecule has 104 valence electrons. The van der Waals surface area contributed by atoms with Gasteiger partial charge in [-0.3, -0.25) is 0 Å². The monoisotopic (exact) mass is 299 g/mol. The van der Waals surface area contributed by atoms with Gasteiger partial charge in [0.2, 0.25) is 0 Å². The van der Waals surface area contributed by atoms with Crippen molar-refractivity contribution >= 4 is 22.6 Å². The van der Waals surface area contributed by atoms with E-state index in [1.165, 1.54) is 21.4 Å². The Labute approximate surface area is 125 Å². The van der Waals surface area contributed by atoms with Crippen LogP contribution in [0.1, 0.15) is 30.2 Å². The van der Waals surface area contributed by atoms with Crippen LogP contribution in [0.25, 0.3) is 11.0 Å². The van der Waals surface area contributed by atoms with Gasteiger partial charge >= 0.3 is 0 Å². The molecule has 1 N–H and O–H groups in total. The first-order valence-corrected chi connectivity index (χ1v) is 7.11. The number of hydrogen-bond acceptors (Lipinski definition) is 1. The van der Waals surface area contributed by atoms with Crippen LogP contribution in [0.5, 0.6) is 0 Å². The molecule has 0 saturated heterocycles. The van der Waals surface area contributed by atoms with E-state index in [-0.39, 0.29) is 12.4 Å². The topological polar surface area (TPSA) is 17.6 Å². The van der Waals surface area contributed by atoms with Crippen molar-refractivity contribution in [3.63, 3.8) is 0 Å². The van der Waals surface area contributed by atoms with Crippen LogP contribution in [-0.4, -0.2) is 13.6 Å². The van der Waals surface area contributed by atoms with Crippen molar-refractivity contribution in [3.8, 4) is 0 Å². The molecule has 2 heterocycles. The lowest BCUT2D eigenvalue weighted by atomic mass is 10.0. The third kappa shape index (κ3) is 2.49. The minimum Gasteiger partial charge on any atom is -1.00 e. The Morgan fingerprint density at radius 3 is 2.84 bits per heavy atom. The molecule has 1 aliphatic rings. The van der Waals surface area contributed by atoms with Crippen molar-refractivity contribution < 1.29 is 21.7 Å². The van der Waals surface area contributed by atoms with E-state index in [1.807, 2.05) is 12.1 Å². The fraction of sp³-hybridized carbons (Fsp3) is 0.467. The van der Waals surface area contributed by atoms with E-state index in [0.29, 0.717) is 0 Å². The molecule has 1 atom stereocenters. The number of aryl methyl sites for hydroxylation is 1. The molecule has 1 aromatic carbocycles. The second-order valence-corrected chi connectivity index (χ2v) is 5.69. The zero-order valence-electron chi connectivity index (χ0n) is 11.4. The zero-order chi connectivity index (χ0) is 12.7. The molecular formula is C15H19Cl2NO. The third-order valence-corrected chi connectivity index (χ3v) is 4.20. The van der Waals surface area contributed by atoms with E-state index in [4.69, 9.17) is 16.0 Å². The molecule has 4 heteroatoms. The average Bonchev–Trinajstić information content (AvgIpc) is 2.56. The summed E-state index contributed by atoms with van der Waals surface area (Å²) in [6, 6.07) is 3.99. The van der Waals surface area contributed by atoms with Crippen molar-refractivity contribution in [1.82, 2.24) is 0 Å². The van der Waals surface area contributed by atoms with Crippen molar-refractivity contribution in [2.24, 2.45) is 0 Å². The predicted molar refractivity (Wildman–Crippen MR) is 74.4 cm³/mol. The quantitative estimate of drug-likeness (QED) is 0.800. The highest BCUT2D eigenvalue weighted by Gasteiger charge is 2.24. The molecule has 0 aliphatic carbocycles. The Hall–Kier alpha value is -0.700. The van der Waals surface area contributed by atoms with Crippen LogP contribution in [0.2, 0.25) is 5.02 Å². The summed E-state index contributed by atoms with van der Waals surface area (Å²) in [6.45, 7) is 4.38. The van der Waals surface area contributed by atoms with E-state index in [2.05, 4.69) is 14.0 Å². The summed E-state index contributed by atoms with van der Waals surface area (Å²) in [5.74, 6) is 1.16. The summed E-state index contributed by atoms with van der Waals surface area (Å²) in [7, 11) is 2.24. The van der Waals surface area contributed by atoms with Crippen LogP contribution in [0.15, 0.2) is 16.5 Å². The lowest BCUT2D eigenvalue weighted by molar-refractivity contribution is -0.893. The molecule has 0 radical (unpaired) electrons. The second kappa shape index (κ2) is 5.74. The Morgan fingerprint density at radius 1 is 1.32 bits per heavy atom. The summed E-state index contributed by atoms with van der Waals surface area (Å²) in [5.41, 5.74) is 3.69. The number of furan rings is 1. The van der Waals surface area contributed by atoms with Crippen LogP contribution in [0, 0.1) is 0 Å².